The lowest BCUT2D eigenvalue weighted by atomic mass is 9.93. The smallest absolute Gasteiger partial charge is 0.303 e. The minimum Gasteiger partial charge on any atom is -0.483 e. The van der Waals surface area contributed by atoms with Crippen LogP contribution in [0, 0.1) is 0 Å². The van der Waals surface area contributed by atoms with Crippen LogP contribution in [0.5, 0.6) is 5.75 Å². The fourth-order valence-electron chi connectivity index (χ4n) is 6.66. The van der Waals surface area contributed by atoms with Crippen LogP contribution < -0.4 is 15.4 Å². The first-order valence-corrected chi connectivity index (χ1v) is 17.5. The number of nitrogens with one attached hydrogen (secondary N) is 2. The standard InChI is InChI=1S/C37H42N6O8/c44-32(43-17-7-14-30(43)35(48)38-25-10-6-11-25)23-51-31-22-29(39-27-13-5-4-12-26(27)31)34(47)40-28(15-16-33(45)46)37(50)42-20-18-41(19-21-42)36(49)24-8-2-1-3-9-24/h1-5,8-9,12-13,22,25,28,30H,6-7,10-11,14-21,23H2,(H,38,48)(H,40,47)(H,45,46). The number of fused-ring (bicyclic) bond motifs is 1. The predicted octanol–water partition coefficient (Wildman–Crippen LogP) is 2.22. The molecule has 3 aromatic rings. The van der Waals surface area contributed by atoms with Crippen LogP contribution in [0.1, 0.15) is 65.8 Å². The molecule has 1 aromatic heterocycles. The highest BCUT2D eigenvalue weighted by atomic mass is 16.5. The Morgan fingerprint density at radius 2 is 1.57 bits per heavy atom. The molecule has 0 spiro atoms. The molecule has 14 heteroatoms. The Morgan fingerprint density at radius 3 is 2.27 bits per heavy atom. The Balaban J connectivity index is 1.12. The summed E-state index contributed by atoms with van der Waals surface area (Å²) in [6.45, 7) is 1.09. The molecule has 3 N–H and O–H groups in total. The average Bonchev–Trinajstić information content (AvgIpc) is 3.64. The van der Waals surface area contributed by atoms with E-state index >= 15 is 0 Å². The summed E-state index contributed by atoms with van der Waals surface area (Å²) < 4.78 is 5.99. The van der Waals surface area contributed by atoms with Gasteiger partial charge in [-0.1, -0.05) is 30.3 Å². The molecular weight excluding hydrogens is 656 g/mol. The fraction of sp³-hybridized carbons (Fsp3) is 0.432. The van der Waals surface area contributed by atoms with Gasteiger partial charge >= 0.3 is 5.97 Å². The van der Waals surface area contributed by atoms with E-state index in [1.807, 2.05) is 6.07 Å². The van der Waals surface area contributed by atoms with Crippen molar-refractivity contribution in [3.63, 3.8) is 0 Å². The zero-order valence-corrected chi connectivity index (χ0v) is 28.3. The average molecular weight is 699 g/mol. The van der Waals surface area contributed by atoms with Gasteiger partial charge in [0.05, 0.1) is 5.52 Å². The number of hydrogen-bond acceptors (Lipinski definition) is 8. The van der Waals surface area contributed by atoms with Crippen LogP contribution in [0.25, 0.3) is 10.9 Å². The van der Waals surface area contributed by atoms with Crippen LogP contribution >= 0.6 is 0 Å². The van der Waals surface area contributed by atoms with Crippen molar-refractivity contribution >= 4 is 46.4 Å². The van der Waals surface area contributed by atoms with Crippen molar-refractivity contribution in [1.29, 1.82) is 0 Å². The van der Waals surface area contributed by atoms with E-state index in [9.17, 15) is 33.9 Å². The molecule has 3 aliphatic rings. The number of pyridine rings is 1. The van der Waals surface area contributed by atoms with Gasteiger partial charge in [-0.2, -0.15) is 0 Å². The molecule has 1 saturated carbocycles. The number of rotatable bonds is 12. The molecule has 5 amide bonds. The normalized spacial score (nSPS) is 18.1. The van der Waals surface area contributed by atoms with E-state index in [1.54, 1.807) is 58.3 Å². The van der Waals surface area contributed by atoms with Crippen molar-refractivity contribution < 1.29 is 38.6 Å². The highest BCUT2D eigenvalue weighted by Gasteiger charge is 2.36. The molecule has 1 aliphatic carbocycles. The summed E-state index contributed by atoms with van der Waals surface area (Å²) in [6, 6.07) is 15.6. The quantitative estimate of drug-likeness (QED) is 0.256. The molecule has 3 fully saturated rings. The molecule has 2 aliphatic heterocycles. The van der Waals surface area contributed by atoms with Crippen molar-refractivity contribution in [2.24, 2.45) is 0 Å². The molecule has 2 unspecified atom stereocenters. The number of hydrogen-bond donors (Lipinski definition) is 3. The van der Waals surface area contributed by atoms with Gasteiger partial charge in [0, 0.05) is 62.2 Å². The number of aromatic nitrogens is 1. The zero-order valence-electron chi connectivity index (χ0n) is 28.3. The summed E-state index contributed by atoms with van der Waals surface area (Å²) in [6.07, 6.45) is 3.76. The number of amides is 5. The number of para-hydroxylation sites is 1. The molecule has 268 valence electrons. The van der Waals surface area contributed by atoms with Crippen molar-refractivity contribution in [2.75, 3.05) is 39.3 Å². The maximum atomic E-state index is 13.7. The first-order valence-electron chi connectivity index (χ1n) is 17.5. The van der Waals surface area contributed by atoms with Gasteiger partial charge in [-0.25, -0.2) is 4.98 Å². The van der Waals surface area contributed by atoms with Crippen molar-refractivity contribution in [2.45, 2.75) is 63.1 Å². The molecule has 2 saturated heterocycles. The third-order valence-corrected chi connectivity index (χ3v) is 9.74. The van der Waals surface area contributed by atoms with E-state index < -0.39 is 29.9 Å². The summed E-state index contributed by atoms with van der Waals surface area (Å²) in [7, 11) is 0. The molecule has 2 atom stereocenters. The number of piperazine rings is 1. The van der Waals surface area contributed by atoms with Gasteiger partial charge in [0.15, 0.2) is 6.61 Å². The molecule has 2 aromatic carbocycles. The molecule has 3 heterocycles. The third kappa shape index (κ3) is 8.44. The Hall–Kier alpha value is -5.53. The number of aliphatic carboxylic acids is 1. The minimum atomic E-state index is -1.16. The zero-order chi connectivity index (χ0) is 35.9. The summed E-state index contributed by atoms with van der Waals surface area (Å²) in [5.41, 5.74) is 0.881. The van der Waals surface area contributed by atoms with Gasteiger partial charge < -0.3 is 35.2 Å². The number of carboxylic acid groups (broad SMARTS) is 1. The second-order valence-electron chi connectivity index (χ2n) is 13.1. The van der Waals surface area contributed by atoms with Gasteiger partial charge in [-0.15, -0.1) is 0 Å². The summed E-state index contributed by atoms with van der Waals surface area (Å²) in [5.74, 6) is -2.71. The van der Waals surface area contributed by atoms with Crippen molar-refractivity contribution in [1.82, 2.24) is 30.3 Å². The fourth-order valence-corrected chi connectivity index (χ4v) is 6.66. The second-order valence-corrected chi connectivity index (χ2v) is 13.1. The Bertz CT molecular complexity index is 1790. The van der Waals surface area contributed by atoms with Crippen LogP contribution in [0.2, 0.25) is 0 Å². The van der Waals surface area contributed by atoms with Gasteiger partial charge in [-0.3, -0.25) is 28.8 Å². The van der Waals surface area contributed by atoms with E-state index in [1.165, 1.54) is 11.0 Å². The Kier molecular flexibility index (Phi) is 11.1. The number of carbonyl (C=O) groups is 6. The van der Waals surface area contributed by atoms with E-state index in [0.29, 0.717) is 35.9 Å². The molecule has 6 rings (SSSR count). The van der Waals surface area contributed by atoms with Crippen LogP contribution in [-0.2, 0) is 19.2 Å². The second kappa shape index (κ2) is 16.0. The summed E-state index contributed by atoms with van der Waals surface area (Å²) >= 11 is 0. The monoisotopic (exact) mass is 698 g/mol. The Morgan fingerprint density at radius 1 is 0.863 bits per heavy atom. The number of carbonyl (C=O) groups excluding carboxylic acids is 5. The van der Waals surface area contributed by atoms with Crippen molar-refractivity contribution in [3.8, 4) is 5.75 Å². The number of ether oxygens (including phenoxy) is 1. The van der Waals surface area contributed by atoms with Crippen LogP contribution in [-0.4, -0.2) is 118 Å². The van der Waals surface area contributed by atoms with Gasteiger partial charge in [-0.05, 0) is 62.8 Å². The third-order valence-electron chi connectivity index (χ3n) is 9.74. The highest BCUT2D eigenvalue weighted by Crippen LogP contribution is 2.27. The maximum absolute atomic E-state index is 13.7. The minimum absolute atomic E-state index is 0.0820. The van der Waals surface area contributed by atoms with Crippen LogP contribution in [0.3, 0.4) is 0 Å². The number of nitrogens with zero attached hydrogens (tertiary/aromatic N) is 4. The van der Waals surface area contributed by atoms with Crippen LogP contribution in [0.4, 0.5) is 0 Å². The maximum Gasteiger partial charge on any atom is 0.303 e. The highest BCUT2D eigenvalue weighted by molar-refractivity contribution is 6.00. The van der Waals surface area contributed by atoms with Gasteiger partial charge in [0.2, 0.25) is 11.8 Å². The lowest BCUT2D eigenvalue weighted by Crippen LogP contribution is -2.56. The first-order chi connectivity index (χ1) is 24.7. The number of benzene rings is 2. The lowest BCUT2D eigenvalue weighted by Gasteiger charge is -2.36. The molecular formula is C37H42N6O8. The van der Waals surface area contributed by atoms with Crippen LogP contribution in [0.15, 0.2) is 60.7 Å². The van der Waals surface area contributed by atoms with E-state index in [2.05, 4.69) is 15.6 Å². The molecule has 51 heavy (non-hydrogen) atoms. The van der Waals surface area contributed by atoms with Gasteiger partial charge in [0.1, 0.15) is 23.5 Å². The largest absolute Gasteiger partial charge is 0.483 e. The first kappa shape index (κ1) is 35.3. The van der Waals surface area contributed by atoms with E-state index in [-0.39, 0.29) is 80.8 Å². The van der Waals surface area contributed by atoms with Gasteiger partial charge in [0.25, 0.3) is 17.7 Å². The molecule has 0 radical (unpaired) electrons. The lowest BCUT2D eigenvalue weighted by molar-refractivity contribution is -0.140. The van der Waals surface area contributed by atoms with E-state index in [0.717, 1.165) is 19.3 Å². The molecule has 14 nitrogen and oxygen atoms in total. The molecule has 0 bridgehead atoms. The predicted molar refractivity (Wildman–Crippen MR) is 185 cm³/mol. The topological polar surface area (TPSA) is 179 Å². The summed E-state index contributed by atoms with van der Waals surface area (Å²) in [5, 5.41) is 15.7. The number of carboxylic acids is 1. The SMILES string of the molecule is O=C(O)CCC(NC(=O)c1cc(OCC(=O)N2CCCC2C(=O)NC2CCC2)c2ccccc2n1)C(=O)N1CCN(C(=O)c2ccccc2)CC1. The van der Waals surface area contributed by atoms with E-state index in [4.69, 9.17) is 4.74 Å². The summed E-state index contributed by atoms with van der Waals surface area (Å²) in [4.78, 5) is 87.0. The van der Waals surface area contributed by atoms with Crippen molar-refractivity contribution in [3.05, 3.63) is 71.9 Å². The Labute approximate surface area is 295 Å². The number of likely N-dealkylation sites (tertiary alicyclic amines) is 1.